The van der Waals surface area contributed by atoms with Gasteiger partial charge in [0.1, 0.15) is 128 Å². The summed E-state index contributed by atoms with van der Waals surface area (Å²) in [6.07, 6.45) is -34.1. The van der Waals surface area contributed by atoms with Crippen LogP contribution in [0.15, 0.2) is 24.3 Å². The Hall–Kier alpha value is -5.32. The number of aliphatic carboxylic acids is 1. The Labute approximate surface area is 672 Å². The lowest BCUT2D eigenvalue weighted by molar-refractivity contribution is -0.421. The van der Waals surface area contributed by atoms with Gasteiger partial charge in [0.2, 0.25) is 29.4 Å². The van der Waals surface area contributed by atoms with E-state index >= 15 is 0 Å². The Kier molecular flexibility index (Phi) is 40.8. The number of aromatic nitrogens is 1. The fourth-order valence-electron chi connectivity index (χ4n) is 15.0. The molecule has 0 spiro atoms. The Morgan fingerprint density at radius 1 is 0.586 bits per heavy atom. The predicted molar refractivity (Wildman–Crippen MR) is 400 cm³/mol. The number of nitrogens with zero attached hydrogens (tertiary/aromatic N) is 3. The van der Waals surface area contributed by atoms with E-state index in [1.807, 2.05) is 4.90 Å². The molecular weight excluding hydrogens is 1540 g/mol. The van der Waals surface area contributed by atoms with Gasteiger partial charge >= 0.3 is 0 Å². The molecule has 24 N–H and O–H groups in total. The lowest BCUT2D eigenvalue weighted by Crippen LogP contribution is -2.73. The van der Waals surface area contributed by atoms with Crippen molar-refractivity contribution in [3.8, 4) is 0 Å². The van der Waals surface area contributed by atoms with E-state index in [1.165, 1.54) is 51.4 Å². The first-order chi connectivity index (χ1) is 55.1. The van der Waals surface area contributed by atoms with Crippen molar-refractivity contribution in [1.29, 1.82) is 0 Å². The number of aliphatic hydroxyl groups is 16. The van der Waals surface area contributed by atoms with E-state index < -0.39 is 247 Å². The maximum Gasteiger partial charge on any atom is 0.248 e. The third kappa shape index (κ3) is 26.6. The Bertz CT molecular complexity index is 3130. The van der Waals surface area contributed by atoms with E-state index in [4.69, 9.17) is 61.8 Å². The summed E-state index contributed by atoms with van der Waals surface area (Å²) < 4.78 is 71.0. The molecule has 116 heavy (non-hydrogen) atoms. The maximum atomic E-state index is 13.8. The summed E-state index contributed by atoms with van der Waals surface area (Å²) in [4.78, 5) is 76.0. The molecule has 7 aliphatic heterocycles. The minimum absolute atomic E-state index is 0. The molecule has 1 aromatic rings. The highest BCUT2D eigenvalue weighted by atomic mass is 16.8. The van der Waals surface area contributed by atoms with Crippen molar-refractivity contribution in [2.24, 2.45) is 0 Å². The van der Waals surface area contributed by atoms with E-state index in [0.717, 1.165) is 58.1 Å². The quantitative estimate of drug-likeness (QED) is 0.0213. The Morgan fingerprint density at radius 3 is 1.66 bits per heavy atom. The smallest absolute Gasteiger partial charge is 0.248 e. The number of morpholine rings is 2. The molecular formula is C74H126N8O34. The van der Waals surface area contributed by atoms with Crippen molar-refractivity contribution < 1.29 is 168 Å². The number of carbonyl (C=O) groups excluding carboxylic acids is 5. The van der Waals surface area contributed by atoms with Crippen molar-refractivity contribution >= 4 is 46.9 Å². The number of anilines is 3. The summed E-state index contributed by atoms with van der Waals surface area (Å²) in [5.74, 6) is -7.92. The molecule has 8 rings (SSSR count). The fourth-order valence-corrected chi connectivity index (χ4v) is 15.0. The molecule has 1 aromatic heterocycles. The van der Waals surface area contributed by atoms with Gasteiger partial charge in [0.15, 0.2) is 31.0 Å². The summed E-state index contributed by atoms with van der Waals surface area (Å²) in [6, 6.07) is -1.72. The molecule has 7 saturated heterocycles. The fraction of sp³-hybridized carbons (Fsp3) is 0.838. The van der Waals surface area contributed by atoms with Crippen molar-refractivity contribution in [2.45, 2.75) is 301 Å². The van der Waals surface area contributed by atoms with Crippen molar-refractivity contribution in [3.63, 3.8) is 0 Å². The summed E-state index contributed by atoms with van der Waals surface area (Å²) in [5, 5.41) is 203. The summed E-state index contributed by atoms with van der Waals surface area (Å²) in [6.45, 7) is 1.59. The number of hydrogen-bond donors (Lipinski definition) is 21. The zero-order valence-electron chi connectivity index (χ0n) is 66.2. The van der Waals surface area contributed by atoms with Crippen LogP contribution in [-0.2, 0) is 80.8 Å². The molecule has 0 bridgehead atoms. The molecule has 0 saturated carbocycles. The normalized spacial score (nSPS) is 34.2. The number of rotatable bonds is 44. The van der Waals surface area contributed by atoms with Crippen LogP contribution in [0, 0.1) is 0 Å². The molecule has 7 fully saturated rings. The van der Waals surface area contributed by atoms with Gasteiger partial charge in [-0.05, 0) is 24.6 Å². The highest BCUT2D eigenvalue weighted by molar-refractivity contribution is 6.01. The number of aliphatic hydroxyl groups excluding tert-OH is 16. The van der Waals surface area contributed by atoms with E-state index in [2.05, 4.69) is 33.1 Å². The van der Waals surface area contributed by atoms with Crippen LogP contribution in [0.2, 0.25) is 0 Å². The highest BCUT2D eigenvalue weighted by Crippen LogP contribution is 2.41. The van der Waals surface area contributed by atoms with E-state index in [1.54, 1.807) is 12.1 Å². The molecule has 7 aliphatic rings. The number of unbranched alkanes of at least 4 members (excludes halogenated alkanes) is 14. The van der Waals surface area contributed by atoms with Crippen LogP contribution in [-0.4, -0.2) is 380 Å². The molecule has 28 atom stereocenters. The standard InChI is InChI=1S/C74H123N7O34.H3N/c1-4-5-6-7-8-9-10-11-12-13-14-15-16-17-18-19-51(92)78-42(43(89)21-23-52(93)77-41-20-22-50(80-24-28-104-29-25-80)79-68(41)81-26-30-105-31-27-81)38-106-70-61(100)59(98)63(48(36-85)109-70)111-72-62(101)67(115-74(73(102)103)32-44(90)53(75-39(2)87)66(114-74)55(94)45(91)33-82)64(49(37-86)110-72)112-69-54(76-40(3)88)65(57(96)47(35-84)107-69)113-71-60(99)58(97)56(95)46(34-83)108-71;/h20-23,42-49,53-67,69-72,82-86,89-91,94-101H,4-19,24-38H2,1-3H3,(H,75,87)(H,76,88)(H,77,93)(H,78,92)(H,102,103);1H3/b23-21+;/t42-,43+,44-,45+,46+,47+,48+,49+,53?,54+,55+,56-,57-,58-,59+,60+,61+,62+,63+,64-,65+,66?,67+,69-,70+,71-,72-,74-;/m0./s1. The molecule has 42 nitrogen and oxygen atoms in total. The van der Waals surface area contributed by atoms with Crippen LogP contribution in [0.1, 0.15) is 130 Å². The number of carboxylic acids is 1. The van der Waals surface area contributed by atoms with Crippen LogP contribution in [0.25, 0.3) is 0 Å². The average molecular weight is 1670 g/mol. The van der Waals surface area contributed by atoms with Crippen LogP contribution in [0.4, 0.5) is 17.3 Å². The van der Waals surface area contributed by atoms with E-state index in [0.29, 0.717) is 82.8 Å². The third-order valence-corrected chi connectivity index (χ3v) is 21.5. The second kappa shape index (κ2) is 48.4. The van der Waals surface area contributed by atoms with Crippen molar-refractivity contribution in [2.75, 3.05) is 107 Å². The van der Waals surface area contributed by atoms with Gasteiger partial charge in [-0.3, -0.25) is 19.2 Å². The lowest BCUT2D eigenvalue weighted by atomic mass is 9.88. The summed E-state index contributed by atoms with van der Waals surface area (Å²) >= 11 is 0. The second-order valence-electron chi connectivity index (χ2n) is 30.1. The van der Waals surface area contributed by atoms with Crippen LogP contribution in [0.3, 0.4) is 0 Å². The molecule has 42 heteroatoms. The Morgan fingerprint density at radius 2 is 1.09 bits per heavy atom. The van der Waals surface area contributed by atoms with Gasteiger partial charge in [-0.1, -0.05) is 96.8 Å². The first kappa shape index (κ1) is 97.8. The number of ether oxygens (including phenoxy) is 12. The molecule has 0 aromatic carbocycles. The zero-order valence-corrected chi connectivity index (χ0v) is 66.2. The first-order valence-corrected chi connectivity index (χ1v) is 39.9. The molecule has 666 valence electrons. The van der Waals surface area contributed by atoms with E-state index in [9.17, 15) is 111 Å². The predicted octanol–water partition coefficient (Wildman–Crippen LogP) is -7.00. The van der Waals surface area contributed by atoms with Gasteiger partial charge in [-0.15, -0.1) is 0 Å². The molecule has 0 radical (unpaired) electrons. The molecule has 8 heterocycles. The van der Waals surface area contributed by atoms with Crippen LogP contribution >= 0.6 is 0 Å². The number of carboxylic acid groups (broad SMARTS) is 1. The summed E-state index contributed by atoms with van der Waals surface area (Å²) in [5.41, 5.74) is 0.348. The number of hydrogen-bond acceptors (Lipinski definition) is 37. The van der Waals surface area contributed by atoms with Gasteiger partial charge in [0, 0.05) is 58.9 Å². The minimum Gasteiger partial charge on any atom is -0.544 e. The minimum atomic E-state index is -3.53. The second-order valence-corrected chi connectivity index (χ2v) is 30.1. The lowest BCUT2D eigenvalue weighted by Gasteiger charge is -2.54. The monoisotopic (exact) mass is 1670 g/mol. The largest absolute Gasteiger partial charge is 0.544 e. The molecule has 4 amide bonds. The van der Waals surface area contributed by atoms with Crippen LogP contribution in [0.5, 0.6) is 0 Å². The summed E-state index contributed by atoms with van der Waals surface area (Å²) in [7, 11) is 0. The number of quaternary nitrogens is 1. The highest BCUT2D eigenvalue weighted by Gasteiger charge is 2.61. The molecule has 0 aliphatic carbocycles. The average Bonchev–Trinajstić information content (AvgIpc) is 0.742. The maximum absolute atomic E-state index is 13.8. The van der Waals surface area contributed by atoms with Gasteiger partial charge in [-0.25, -0.2) is 4.98 Å². The first-order valence-electron chi connectivity index (χ1n) is 39.9. The third-order valence-electron chi connectivity index (χ3n) is 21.5. The van der Waals surface area contributed by atoms with Gasteiger partial charge in [0.05, 0.1) is 96.0 Å². The number of carbonyl (C=O) groups is 5. The zero-order chi connectivity index (χ0) is 83.6. The number of nitrogens with one attached hydrogen (secondary N) is 4. The number of pyridine rings is 1. The molecule has 2 unspecified atom stereocenters. The van der Waals surface area contributed by atoms with Gasteiger partial charge in [-0.2, -0.15) is 0 Å². The van der Waals surface area contributed by atoms with E-state index in [-0.39, 0.29) is 12.6 Å². The topological polar surface area (TPSA) is 647 Å². The Balaban J connectivity index is 0.0000186. The van der Waals surface area contributed by atoms with Crippen LogP contribution < -0.4 is 42.3 Å². The SMILES string of the molecule is CCCCCCCCCCCCCCCCCC(=O)N[C@@H](CO[C@@H]1O[C@H](CO)[C@@H](O[C@@H]2O[C@H](CO)[C@H](O[C@@H]3O[C@H](CO)[C@H](O)[C@H](O[C@@H]4O[C@H](CO)[C@H](O)[C@H](O)[C@H]4O)[C@H]3NC(C)=O)[C@H](O[C@]3(C(=O)[O-])C[C@H](O)C(NC(C)=O)C([C@H](O)[C@H](O)CO)O3)[C@H]2O)[C@H](O)[C@H]1O)[C@H](O)/C=C/C(=O)Nc1ccc(N2CCOCC2)nc1N1CCOCC1.[NH4+]. The van der Waals surface area contributed by atoms with Crippen molar-refractivity contribution in [3.05, 3.63) is 24.3 Å². The van der Waals surface area contributed by atoms with Gasteiger partial charge < -0.3 is 186 Å². The number of amides is 4. The van der Waals surface area contributed by atoms with Crippen molar-refractivity contribution in [1.82, 2.24) is 27.1 Å². The van der Waals surface area contributed by atoms with Gasteiger partial charge in [0.25, 0.3) is 0 Å².